The van der Waals surface area contributed by atoms with E-state index in [4.69, 9.17) is 0 Å². The van der Waals surface area contributed by atoms with Gasteiger partial charge in [-0.05, 0) is 38.0 Å². The summed E-state index contributed by atoms with van der Waals surface area (Å²) in [6, 6.07) is 0. The number of hydrogen-bond donors (Lipinski definition) is 0. The Labute approximate surface area is 95.8 Å². The molecule has 15 heavy (non-hydrogen) atoms. The van der Waals surface area contributed by atoms with Crippen molar-refractivity contribution in [3.8, 4) is 0 Å². The van der Waals surface area contributed by atoms with Gasteiger partial charge < -0.3 is 0 Å². The van der Waals surface area contributed by atoms with E-state index in [1.165, 1.54) is 31.3 Å². The van der Waals surface area contributed by atoms with Gasteiger partial charge >= 0.3 is 0 Å². The van der Waals surface area contributed by atoms with Gasteiger partial charge in [0.25, 0.3) is 0 Å². The molecular weight excluding hydrogens is 180 g/mol. The summed E-state index contributed by atoms with van der Waals surface area (Å²) >= 11 is 0. The van der Waals surface area contributed by atoms with Gasteiger partial charge in [0.15, 0.2) is 0 Å². The highest BCUT2D eigenvalue weighted by Gasteiger charge is 1.98. The molecule has 0 spiro atoms. The molecular formula is C15H26. The zero-order valence-corrected chi connectivity index (χ0v) is 10.5. The largest absolute Gasteiger partial charge is 0.0999 e. The van der Waals surface area contributed by atoms with Crippen LogP contribution in [0.25, 0.3) is 0 Å². The van der Waals surface area contributed by atoms with E-state index in [0.29, 0.717) is 0 Å². The van der Waals surface area contributed by atoms with Crippen LogP contribution >= 0.6 is 0 Å². The van der Waals surface area contributed by atoms with Gasteiger partial charge in [0.1, 0.15) is 0 Å². The van der Waals surface area contributed by atoms with Crippen LogP contribution in [0.5, 0.6) is 0 Å². The van der Waals surface area contributed by atoms with Gasteiger partial charge in [0.05, 0.1) is 0 Å². The second-order valence-corrected chi connectivity index (χ2v) is 4.75. The molecule has 0 saturated carbocycles. The van der Waals surface area contributed by atoms with E-state index in [-0.39, 0.29) is 0 Å². The van der Waals surface area contributed by atoms with Gasteiger partial charge in [-0.1, -0.05) is 57.2 Å². The minimum atomic E-state index is 0.818. The zero-order chi connectivity index (χ0) is 11.7. The maximum Gasteiger partial charge on any atom is -0.0282 e. The summed E-state index contributed by atoms with van der Waals surface area (Å²) in [5.74, 6) is 0.818. The SMILES string of the molecule is C=CC(=C)CCCC(=C)CCCC(C)C. The van der Waals surface area contributed by atoms with Crippen LogP contribution < -0.4 is 0 Å². The van der Waals surface area contributed by atoms with E-state index in [9.17, 15) is 0 Å². The molecule has 0 aromatic rings. The summed E-state index contributed by atoms with van der Waals surface area (Å²) in [6.45, 7) is 16.3. The molecule has 0 unspecified atom stereocenters. The molecule has 0 heterocycles. The third-order valence-corrected chi connectivity index (χ3v) is 2.63. The first-order valence-electron chi connectivity index (χ1n) is 6.03. The van der Waals surface area contributed by atoms with Crippen molar-refractivity contribution < 1.29 is 0 Å². The molecule has 86 valence electrons. The van der Waals surface area contributed by atoms with Crippen molar-refractivity contribution in [2.75, 3.05) is 0 Å². The Balaban J connectivity index is 3.41. The van der Waals surface area contributed by atoms with Crippen molar-refractivity contribution in [1.29, 1.82) is 0 Å². The molecule has 0 N–H and O–H groups in total. The molecule has 0 amide bonds. The predicted octanol–water partition coefficient (Wildman–Crippen LogP) is 5.28. The molecule has 0 rings (SSSR count). The summed E-state index contributed by atoms with van der Waals surface area (Å²) < 4.78 is 0. The van der Waals surface area contributed by atoms with Gasteiger partial charge in [-0.25, -0.2) is 0 Å². The third-order valence-electron chi connectivity index (χ3n) is 2.63. The fraction of sp³-hybridized carbons (Fsp3) is 0.600. The molecule has 0 aliphatic heterocycles. The highest BCUT2D eigenvalue weighted by atomic mass is 14.0. The summed E-state index contributed by atoms with van der Waals surface area (Å²) in [5.41, 5.74) is 2.54. The first-order valence-corrected chi connectivity index (χ1v) is 6.03. The molecule has 0 aromatic carbocycles. The first-order chi connectivity index (χ1) is 7.06. The van der Waals surface area contributed by atoms with Crippen LogP contribution in [0.2, 0.25) is 0 Å². The Morgan fingerprint density at radius 3 is 2.20 bits per heavy atom. The Bertz CT molecular complexity index is 208. The highest BCUT2D eigenvalue weighted by Crippen LogP contribution is 2.17. The molecule has 0 aliphatic rings. The van der Waals surface area contributed by atoms with E-state index >= 15 is 0 Å². The fourth-order valence-electron chi connectivity index (χ4n) is 1.55. The lowest BCUT2D eigenvalue weighted by atomic mass is 9.99. The van der Waals surface area contributed by atoms with Crippen molar-refractivity contribution in [3.05, 3.63) is 37.0 Å². The molecule has 0 heteroatoms. The first kappa shape index (κ1) is 14.2. The Morgan fingerprint density at radius 1 is 1.07 bits per heavy atom. The van der Waals surface area contributed by atoms with Crippen molar-refractivity contribution >= 4 is 0 Å². The summed E-state index contributed by atoms with van der Waals surface area (Å²) in [4.78, 5) is 0. The lowest BCUT2D eigenvalue weighted by Gasteiger charge is -2.07. The smallest absolute Gasteiger partial charge is 0.0282 e. The summed E-state index contributed by atoms with van der Waals surface area (Å²) in [5, 5.41) is 0. The minimum Gasteiger partial charge on any atom is -0.0999 e. The van der Waals surface area contributed by atoms with Gasteiger partial charge in [-0.15, -0.1) is 0 Å². The van der Waals surface area contributed by atoms with Crippen LogP contribution in [-0.2, 0) is 0 Å². The van der Waals surface area contributed by atoms with Crippen LogP contribution in [0.1, 0.15) is 52.4 Å². The number of rotatable bonds is 9. The second kappa shape index (κ2) is 8.52. The van der Waals surface area contributed by atoms with Crippen molar-refractivity contribution in [2.45, 2.75) is 52.4 Å². The highest BCUT2D eigenvalue weighted by molar-refractivity contribution is 5.10. The van der Waals surface area contributed by atoms with Gasteiger partial charge in [-0.3, -0.25) is 0 Å². The summed E-state index contributed by atoms with van der Waals surface area (Å²) in [7, 11) is 0. The minimum absolute atomic E-state index is 0.818. The average Bonchev–Trinajstić information content (AvgIpc) is 2.17. The molecule has 0 aromatic heterocycles. The quantitative estimate of drug-likeness (QED) is 0.355. The normalized spacial score (nSPS) is 10.3. The number of hydrogen-bond acceptors (Lipinski definition) is 0. The second-order valence-electron chi connectivity index (χ2n) is 4.75. The molecule has 0 radical (unpaired) electrons. The monoisotopic (exact) mass is 206 g/mol. The molecule has 0 nitrogen and oxygen atoms in total. The average molecular weight is 206 g/mol. The van der Waals surface area contributed by atoms with E-state index in [1.807, 2.05) is 6.08 Å². The fourth-order valence-corrected chi connectivity index (χ4v) is 1.55. The van der Waals surface area contributed by atoms with E-state index in [2.05, 4.69) is 33.6 Å². The maximum absolute atomic E-state index is 4.12. The van der Waals surface area contributed by atoms with Crippen LogP contribution in [0.3, 0.4) is 0 Å². The van der Waals surface area contributed by atoms with E-state index < -0.39 is 0 Å². The molecule has 0 saturated heterocycles. The molecule has 0 bridgehead atoms. The molecule has 0 aliphatic carbocycles. The van der Waals surface area contributed by atoms with Crippen LogP contribution in [0.4, 0.5) is 0 Å². The van der Waals surface area contributed by atoms with Crippen LogP contribution in [-0.4, -0.2) is 0 Å². The maximum atomic E-state index is 4.12. The Hall–Kier alpha value is -0.780. The predicted molar refractivity (Wildman–Crippen MR) is 71.0 cm³/mol. The van der Waals surface area contributed by atoms with Crippen LogP contribution in [0, 0.1) is 5.92 Å². The van der Waals surface area contributed by atoms with Gasteiger partial charge in [0, 0.05) is 0 Å². The lowest BCUT2D eigenvalue weighted by molar-refractivity contribution is 0.550. The van der Waals surface area contributed by atoms with Gasteiger partial charge in [0.2, 0.25) is 0 Å². The number of allylic oxidation sites excluding steroid dienone is 3. The Kier molecular flexibility index (Phi) is 8.08. The van der Waals surface area contributed by atoms with Gasteiger partial charge in [-0.2, -0.15) is 0 Å². The Morgan fingerprint density at radius 2 is 1.67 bits per heavy atom. The van der Waals surface area contributed by atoms with Crippen molar-refractivity contribution in [2.24, 2.45) is 5.92 Å². The van der Waals surface area contributed by atoms with E-state index in [0.717, 1.165) is 24.3 Å². The van der Waals surface area contributed by atoms with Crippen molar-refractivity contribution in [1.82, 2.24) is 0 Å². The third kappa shape index (κ3) is 9.52. The topological polar surface area (TPSA) is 0 Å². The molecule has 0 fully saturated rings. The zero-order valence-electron chi connectivity index (χ0n) is 10.5. The van der Waals surface area contributed by atoms with E-state index in [1.54, 1.807) is 0 Å². The van der Waals surface area contributed by atoms with Crippen molar-refractivity contribution in [3.63, 3.8) is 0 Å². The standard InChI is InChI=1S/C15H26/c1-6-14(4)10-8-12-15(5)11-7-9-13(2)3/h6,13H,1,4-5,7-12H2,2-3H3. The molecule has 0 atom stereocenters. The summed E-state index contributed by atoms with van der Waals surface area (Å²) in [6.07, 6.45) is 9.03. The lowest BCUT2D eigenvalue weighted by Crippen LogP contribution is -1.89. The van der Waals surface area contributed by atoms with Crippen LogP contribution in [0.15, 0.2) is 37.0 Å².